The number of carbonyl (C=O) groups excluding carboxylic acids is 1. The van der Waals surface area contributed by atoms with Crippen molar-refractivity contribution >= 4 is 21.9 Å². The highest BCUT2D eigenvalue weighted by Gasteiger charge is 2.36. The third-order valence-corrected chi connectivity index (χ3v) is 5.14. The molecule has 25 heavy (non-hydrogen) atoms. The third-order valence-electron chi connectivity index (χ3n) is 3.78. The van der Waals surface area contributed by atoms with Crippen LogP contribution in [0.25, 0.3) is 11.3 Å². The first-order valence-electron chi connectivity index (χ1n) is 7.82. The summed E-state index contributed by atoms with van der Waals surface area (Å²) in [5.74, 6) is -0.633. The van der Waals surface area contributed by atoms with Crippen LogP contribution in [0.1, 0.15) is 20.3 Å². The van der Waals surface area contributed by atoms with Gasteiger partial charge in [-0.2, -0.15) is 13.5 Å². The van der Waals surface area contributed by atoms with Crippen LogP contribution < -0.4 is 9.03 Å². The van der Waals surface area contributed by atoms with E-state index >= 15 is 0 Å². The molecule has 134 valence electrons. The van der Waals surface area contributed by atoms with Gasteiger partial charge < -0.3 is 5.11 Å². The summed E-state index contributed by atoms with van der Waals surface area (Å²) >= 11 is 0. The fraction of sp³-hybridized carbons (Fsp3) is 0.400. The second kappa shape index (κ2) is 6.36. The summed E-state index contributed by atoms with van der Waals surface area (Å²) in [6.07, 6.45) is 4.42. The molecule has 0 aliphatic carbocycles. The average Bonchev–Trinajstić information content (AvgIpc) is 3.09. The van der Waals surface area contributed by atoms with Gasteiger partial charge in [0.25, 0.3) is 5.91 Å². The normalized spacial score (nSPS) is 16.4. The molecule has 0 atom stereocenters. The van der Waals surface area contributed by atoms with E-state index in [-0.39, 0.29) is 11.6 Å². The Morgan fingerprint density at radius 3 is 2.76 bits per heavy atom. The average molecular weight is 365 g/mol. The van der Waals surface area contributed by atoms with Gasteiger partial charge in [-0.05, 0) is 24.5 Å². The first-order valence-corrected chi connectivity index (χ1v) is 9.26. The van der Waals surface area contributed by atoms with Gasteiger partial charge in [-0.1, -0.05) is 13.8 Å². The molecule has 0 spiro atoms. The Hall–Kier alpha value is -2.62. The summed E-state index contributed by atoms with van der Waals surface area (Å²) in [5.41, 5.74) is 1.15. The Morgan fingerprint density at radius 2 is 2.12 bits per heavy atom. The van der Waals surface area contributed by atoms with Crippen LogP contribution in [0.4, 0.5) is 5.82 Å². The number of amides is 1. The van der Waals surface area contributed by atoms with Crippen molar-refractivity contribution in [2.24, 2.45) is 5.92 Å². The van der Waals surface area contributed by atoms with Crippen LogP contribution in [-0.2, 0) is 21.5 Å². The molecule has 1 aliphatic heterocycles. The van der Waals surface area contributed by atoms with Crippen molar-refractivity contribution in [2.75, 3.05) is 10.8 Å². The Bertz CT molecular complexity index is 906. The molecule has 3 rings (SSSR count). The second-order valence-corrected chi connectivity index (χ2v) is 7.85. The largest absolute Gasteiger partial charge is 0.504 e. The molecular weight excluding hydrogens is 346 g/mol. The van der Waals surface area contributed by atoms with Crippen LogP contribution in [0.5, 0.6) is 5.75 Å². The van der Waals surface area contributed by atoms with Crippen molar-refractivity contribution in [1.82, 2.24) is 19.5 Å². The van der Waals surface area contributed by atoms with Gasteiger partial charge >= 0.3 is 10.2 Å². The minimum absolute atomic E-state index is 0.189. The molecule has 2 aromatic rings. The van der Waals surface area contributed by atoms with Crippen molar-refractivity contribution in [3.8, 4) is 17.0 Å². The molecule has 1 amide bonds. The van der Waals surface area contributed by atoms with Crippen LogP contribution in [-0.4, -0.2) is 40.7 Å². The number of aromatic nitrogens is 3. The molecule has 9 nitrogen and oxygen atoms in total. The van der Waals surface area contributed by atoms with Crippen LogP contribution in [0.15, 0.2) is 24.5 Å². The number of carbonyl (C=O) groups is 1. The van der Waals surface area contributed by atoms with Crippen LogP contribution in [0, 0.1) is 5.92 Å². The van der Waals surface area contributed by atoms with Crippen molar-refractivity contribution in [3.63, 3.8) is 0 Å². The Labute approximate surface area is 145 Å². The summed E-state index contributed by atoms with van der Waals surface area (Å²) < 4.78 is 28.3. The number of pyridine rings is 1. The maximum Gasteiger partial charge on any atom is 0.327 e. The lowest BCUT2D eigenvalue weighted by Crippen LogP contribution is -2.30. The van der Waals surface area contributed by atoms with Crippen LogP contribution in [0.3, 0.4) is 0 Å². The van der Waals surface area contributed by atoms with Gasteiger partial charge in [-0.3, -0.25) is 9.48 Å². The number of hydrogen-bond acceptors (Lipinski definition) is 6. The van der Waals surface area contributed by atoms with E-state index in [1.165, 1.54) is 6.07 Å². The van der Waals surface area contributed by atoms with E-state index in [1.54, 1.807) is 16.9 Å². The number of hydrogen-bond donors (Lipinski definition) is 2. The standard InChI is InChI=1S/C15H19N5O4S/c1-10(2)5-6-19-8-11(7-16-19)12-3-4-13(21)15(17-12)20-9-14(22)18-25(20,23)24/h3-4,7-8,10,21H,5-6,9H2,1-2H3,(H,18,22). The molecule has 2 aromatic heterocycles. The van der Waals surface area contributed by atoms with Gasteiger partial charge in [0.1, 0.15) is 6.54 Å². The highest BCUT2D eigenvalue weighted by atomic mass is 32.2. The number of aromatic hydroxyl groups is 1. The van der Waals surface area contributed by atoms with Crippen molar-refractivity contribution in [3.05, 3.63) is 24.5 Å². The molecule has 1 fully saturated rings. The van der Waals surface area contributed by atoms with Gasteiger partial charge in [0.15, 0.2) is 11.6 Å². The lowest BCUT2D eigenvalue weighted by Gasteiger charge is -2.15. The molecule has 0 saturated carbocycles. The Balaban J connectivity index is 1.91. The summed E-state index contributed by atoms with van der Waals surface area (Å²) in [6.45, 7) is 4.61. The second-order valence-electron chi connectivity index (χ2n) is 6.25. The molecule has 1 saturated heterocycles. The lowest BCUT2D eigenvalue weighted by molar-refractivity contribution is -0.117. The molecule has 0 unspecified atom stereocenters. The Morgan fingerprint density at radius 1 is 1.36 bits per heavy atom. The fourth-order valence-corrected chi connectivity index (χ4v) is 3.54. The van der Waals surface area contributed by atoms with E-state index in [1.807, 2.05) is 10.9 Å². The van der Waals surface area contributed by atoms with E-state index in [9.17, 15) is 18.3 Å². The number of rotatable bonds is 5. The minimum Gasteiger partial charge on any atom is -0.504 e. The third kappa shape index (κ3) is 3.58. The number of anilines is 1. The zero-order valence-corrected chi connectivity index (χ0v) is 14.7. The van der Waals surface area contributed by atoms with E-state index in [4.69, 9.17) is 0 Å². The number of nitrogens with zero attached hydrogens (tertiary/aromatic N) is 4. The molecule has 0 radical (unpaired) electrons. The lowest BCUT2D eigenvalue weighted by atomic mass is 10.1. The van der Waals surface area contributed by atoms with E-state index in [0.717, 1.165) is 17.3 Å². The van der Waals surface area contributed by atoms with Crippen LogP contribution >= 0.6 is 0 Å². The maximum atomic E-state index is 12.0. The molecule has 0 bridgehead atoms. The van der Waals surface area contributed by atoms with Gasteiger partial charge in [0.2, 0.25) is 0 Å². The molecule has 10 heteroatoms. The highest BCUT2D eigenvalue weighted by molar-refractivity contribution is 7.92. The van der Waals surface area contributed by atoms with Crippen molar-refractivity contribution in [1.29, 1.82) is 0 Å². The summed E-state index contributed by atoms with van der Waals surface area (Å²) in [4.78, 5) is 15.6. The first-order chi connectivity index (χ1) is 11.8. The monoisotopic (exact) mass is 365 g/mol. The molecule has 1 aliphatic rings. The molecule has 2 N–H and O–H groups in total. The molecular formula is C15H19N5O4S. The summed E-state index contributed by atoms with van der Waals surface area (Å²) in [6, 6.07) is 2.92. The zero-order chi connectivity index (χ0) is 18.2. The van der Waals surface area contributed by atoms with Gasteiger partial charge in [-0.15, -0.1) is 0 Å². The summed E-state index contributed by atoms with van der Waals surface area (Å²) in [7, 11) is -4.03. The molecule has 3 heterocycles. The zero-order valence-electron chi connectivity index (χ0n) is 13.9. The topological polar surface area (TPSA) is 117 Å². The minimum atomic E-state index is -4.03. The highest BCUT2D eigenvalue weighted by Crippen LogP contribution is 2.31. The predicted molar refractivity (Wildman–Crippen MR) is 91.0 cm³/mol. The smallest absolute Gasteiger partial charge is 0.327 e. The predicted octanol–water partition coefficient (Wildman–Crippen LogP) is 0.878. The van der Waals surface area contributed by atoms with Gasteiger partial charge in [0.05, 0.1) is 11.9 Å². The first kappa shape index (κ1) is 17.2. The van der Waals surface area contributed by atoms with Crippen LogP contribution in [0.2, 0.25) is 0 Å². The van der Waals surface area contributed by atoms with Gasteiger partial charge in [-0.25, -0.2) is 14.0 Å². The molecule has 0 aromatic carbocycles. The maximum absolute atomic E-state index is 12.0. The number of aryl methyl sites for hydroxylation is 1. The van der Waals surface area contributed by atoms with E-state index in [2.05, 4.69) is 23.9 Å². The van der Waals surface area contributed by atoms with Gasteiger partial charge in [0, 0.05) is 18.3 Å². The summed E-state index contributed by atoms with van der Waals surface area (Å²) in [5, 5.41) is 14.3. The van der Waals surface area contributed by atoms with Crippen molar-refractivity contribution in [2.45, 2.75) is 26.8 Å². The quantitative estimate of drug-likeness (QED) is 0.812. The van der Waals surface area contributed by atoms with E-state index < -0.39 is 22.7 Å². The van der Waals surface area contributed by atoms with E-state index in [0.29, 0.717) is 17.2 Å². The van der Waals surface area contributed by atoms with Crippen molar-refractivity contribution < 1.29 is 18.3 Å². The number of nitrogens with one attached hydrogen (secondary N) is 1. The Kier molecular flexibility index (Phi) is 4.38. The fourth-order valence-electron chi connectivity index (χ4n) is 2.43. The SMILES string of the molecule is CC(C)CCn1cc(-c2ccc(O)c(N3CC(=O)NS3(=O)=O)n2)cn1.